The maximum atomic E-state index is 13.1. The van der Waals surface area contributed by atoms with E-state index in [0.29, 0.717) is 17.3 Å². The van der Waals surface area contributed by atoms with E-state index in [9.17, 15) is 4.79 Å². The highest BCUT2D eigenvalue weighted by Crippen LogP contribution is 2.25. The summed E-state index contributed by atoms with van der Waals surface area (Å²) < 4.78 is 6.01. The topological polar surface area (TPSA) is 98.7 Å². The third-order valence-electron chi connectivity index (χ3n) is 7.19. The van der Waals surface area contributed by atoms with Crippen molar-refractivity contribution >= 4 is 34.8 Å². The molecule has 2 N–H and O–H groups in total. The number of carbonyl (C=O) groups excluding carboxylic acids is 1. The zero-order valence-corrected chi connectivity index (χ0v) is 22.1. The Labute approximate surface area is 223 Å². The second-order valence-corrected chi connectivity index (χ2v) is 10.1. The number of rotatable bonds is 9. The third-order valence-corrected chi connectivity index (χ3v) is 7.19. The van der Waals surface area contributed by atoms with Gasteiger partial charge in [-0.2, -0.15) is 5.10 Å². The van der Waals surface area contributed by atoms with Gasteiger partial charge < -0.3 is 15.0 Å². The molecule has 2 aromatic heterocycles. The molecule has 4 heterocycles. The summed E-state index contributed by atoms with van der Waals surface area (Å²) >= 11 is 0. The summed E-state index contributed by atoms with van der Waals surface area (Å²) in [6.07, 6.45) is 8.96. The Kier molecular flexibility index (Phi) is 7.95. The molecule has 0 aliphatic carbocycles. The summed E-state index contributed by atoms with van der Waals surface area (Å²) in [6, 6.07) is 9.59. The number of H-pyrrole nitrogens is 1. The van der Waals surface area contributed by atoms with Crippen molar-refractivity contribution in [2.24, 2.45) is 4.99 Å². The van der Waals surface area contributed by atoms with E-state index in [1.54, 1.807) is 12.3 Å². The lowest BCUT2D eigenvalue weighted by atomic mass is 10.0. The maximum Gasteiger partial charge on any atom is 0.276 e. The van der Waals surface area contributed by atoms with E-state index in [-0.39, 0.29) is 12.0 Å². The number of allylic oxidation sites excluding steroid dienone is 1. The first-order valence-electron chi connectivity index (χ1n) is 13.1. The number of nitrogens with one attached hydrogen (secondary N) is 2. The highest BCUT2D eigenvalue weighted by molar-refractivity contribution is 6.11. The van der Waals surface area contributed by atoms with Crippen LogP contribution < -0.4 is 10.1 Å². The van der Waals surface area contributed by atoms with Gasteiger partial charge in [-0.25, -0.2) is 4.98 Å². The molecule has 198 valence electrons. The van der Waals surface area contributed by atoms with Crippen LogP contribution in [0.4, 0.5) is 5.69 Å². The van der Waals surface area contributed by atoms with Crippen LogP contribution in [-0.2, 0) is 0 Å². The standard InChI is InChI=1S/C29H35N7O2/c1-20(15-21(17-30-2)19-36-11-4-12-36)22-5-7-26-25(16-22)28(34-33-26)29(37)32-23-6-8-27(31-18-23)38-24-9-13-35(3)14-10-24/h5-8,15-18,24H,2,4,9-14,19H2,1,3H3,(H,32,37)(H,33,34)/b20-15+,21-17+. The fraction of sp³-hybridized carbons (Fsp3) is 0.379. The quantitative estimate of drug-likeness (QED) is 0.326. The van der Waals surface area contributed by atoms with Crippen LogP contribution in [0.1, 0.15) is 42.2 Å². The zero-order chi connectivity index (χ0) is 26.5. The van der Waals surface area contributed by atoms with Crippen LogP contribution in [0, 0.1) is 0 Å². The number of aromatic nitrogens is 3. The minimum Gasteiger partial charge on any atom is -0.474 e. The molecule has 0 unspecified atom stereocenters. The van der Waals surface area contributed by atoms with Crippen molar-refractivity contribution in [2.45, 2.75) is 32.3 Å². The van der Waals surface area contributed by atoms with Gasteiger partial charge >= 0.3 is 0 Å². The number of amides is 1. The predicted octanol–water partition coefficient (Wildman–Crippen LogP) is 4.38. The number of benzene rings is 1. The van der Waals surface area contributed by atoms with E-state index in [1.807, 2.05) is 30.5 Å². The number of pyridine rings is 1. The van der Waals surface area contributed by atoms with E-state index < -0.39 is 0 Å². The Bertz CT molecular complexity index is 1350. The first-order valence-corrected chi connectivity index (χ1v) is 13.1. The Hall–Kier alpha value is -3.82. The van der Waals surface area contributed by atoms with Crippen molar-refractivity contribution in [3.05, 3.63) is 65.6 Å². The SMILES string of the molecule is C=N/C=C(\C=C(/C)c1ccc2[nH]nc(C(=O)Nc3ccc(OC4CCN(C)CC4)nc3)c2c1)CN1CCC1. The van der Waals surface area contributed by atoms with Gasteiger partial charge in [0.1, 0.15) is 6.10 Å². The molecule has 0 atom stereocenters. The Balaban J connectivity index is 1.27. The molecule has 38 heavy (non-hydrogen) atoms. The molecule has 0 saturated carbocycles. The summed E-state index contributed by atoms with van der Waals surface area (Å²) in [5.41, 5.74) is 4.94. The van der Waals surface area contributed by atoms with Gasteiger partial charge in [-0.3, -0.25) is 19.8 Å². The van der Waals surface area contributed by atoms with Crippen molar-refractivity contribution in [3.63, 3.8) is 0 Å². The Morgan fingerprint density at radius 1 is 1.24 bits per heavy atom. The monoisotopic (exact) mass is 513 g/mol. The number of aromatic amines is 1. The molecule has 3 aromatic rings. The molecular formula is C29H35N7O2. The molecule has 9 nitrogen and oxygen atoms in total. The van der Waals surface area contributed by atoms with Crippen LogP contribution in [0.3, 0.4) is 0 Å². The largest absolute Gasteiger partial charge is 0.474 e. The first kappa shape index (κ1) is 25.8. The summed E-state index contributed by atoms with van der Waals surface area (Å²) in [6.45, 7) is 10.8. The van der Waals surface area contributed by atoms with Crippen LogP contribution in [0.5, 0.6) is 5.88 Å². The average Bonchev–Trinajstić information content (AvgIpc) is 3.32. The molecule has 2 fully saturated rings. The molecule has 2 aliphatic heterocycles. The van der Waals surface area contributed by atoms with Gasteiger partial charge in [0.15, 0.2) is 5.69 Å². The third kappa shape index (κ3) is 6.17. The molecular weight excluding hydrogens is 478 g/mol. The average molecular weight is 514 g/mol. The number of piperidine rings is 1. The van der Waals surface area contributed by atoms with Crippen molar-refractivity contribution < 1.29 is 9.53 Å². The molecule has 5 rings (SSSR count). The lowest BCUT2D eigenvalue weighted by Gasteiger charge is -2.30. The van der Waals surface area contributed by atoms with Gasteiger partial charge in [-0.15, -0.1) is 0 Å². The summed E-state index contributed by atoms with van der Waals surface area (Å²) in [7, 11) is 2.12. The molecule has 0 radical (unpaired) electrons. The summed E-state index contributed by atoms with van der Waals surface area (Å²) in [5, 5.41) is 10.9. The second kappa shape index (κ2) is 11.7. The van der Waals surface area contributed by atoms with Gasteiger partial charge in [0.2, 0.25) is 5.88 Å². The van der Waals surface area contributed by atoms with Crippen LogP contribution >= 0.6 is 0 Å². The number of carbonyl (C=O) groups is 1. The molecule has 9 heteroatoms. The maximum absolute atomic E-state index is 13.1. The molecule has 1 aromatic carbocycles. The summed E-state index contributed by atoms with van der Waals surface area (Å²) in [4.78, 5) is 26.2. The second-order valence-electron chi connectivity index (χ2n) is 10.1. The summed E-state index contributed by atoms with van der Waals surface area (Å²) in [5.74, 6) is 0.277. The lowest BCUT2D eigenvalue weighted by Crippen LogP contribution is -2.38. The fourth-order valence-electron chi connectivity index (χ4n) is 4.82. The van der Waals surface area contributed by atoms with E-state index >= 15 is 0 Å². The number of anilines is 1. The fourth-order valence-corrected chi connectivity index (χ4v) is 4.82. The minimum atomic E-state index is -0.296. The number of fused-ring (bicyclic) bond motifs is 1. The Morgan fingerprint density at radius 3 is 2.74 bits per heavy atom. The van der Waals surface area contributed by atoms with Crippen molar-refractivity contribution in [1.29, 1.82) is 0 Å². The molecule has 2 aliphatic rings. The first-order chi connectivity index (χ1) is 18.5. The highest BCUT2D eigenvalue weighted by atomic mass is 16.5. The number of nitrogens with zero attached hydrogens (tertiary/aromatic N) is 5. The van der Waals surface area contributed by atoms with E-state index in [0.717, 1.165) is 73.2 Å². The van der Waals surface area contributed by atoms with Crippen LogP contribution in [0.25, 0.3) is 16.5 Å². The van der Waals surface area contributed by atoms with Crippen molar-refractivity contribution in [3.8, 4) is 5.88 Å². The molecule has 1 amide bonds. The number of hydrogen-bond donors (Lipinski definition) is 2. The van der Waals surface area contributed by atoms with Crippen LogP contribution in [0.15, 0.2) is 59.4 Å². The number of ether oxygens (including phenoxy) is 1. The van der Waals surface area contributed by atoms with Crippen LogP contribution in [-0.4, -0.2) is 83.5 Å². The van der Waals surface area contributed by atoms with Gasteiger partial charge in [0, 0.05) is 37.3 Å². The predicted molar refractivity (Wildman–Crippen MR) is 152 cm³/mol. The highest BCUT2D eigenvalue weighted by Gasteiger charge is 2.19. The van der Waals surface area contributed by atoms with Gasteiger partial charge in [0.25, 0.3) is 5.91 Å². The molecule has 2 saturated heterocycles. The minimum absolute atomic E-state index is 0.177. The normalized spacial score (nSPS) is 17.8. The Morgan fingerprint density at radius 2 is 2.05 bits per heavy atom. The van der Waals surface area contributed by atoms with E-state index in [2.05, 4.69) is 62.1 Å². The zero-order valence-electron chi connectivity index (χ0n) is 22.1. The number of likely N-dealkylation sites (tertiary alicyclic amines) is 2. The number of aliphatic imine (C=N–C) groups is 1. The smallest absolute Gasteiger partial charge is 0.276 e. The lowest BCUT2D eigenvalue weighted by molar-refractivity contribution is 0.102. The van der Waals surface area contributed by atoms with E-state index in [4.69, 9.17) is 4.74 Å². The number of hydrogen-bond acceptors (Lipinski definition) is 7. The molecule has 0 spiro atoms. The van der Waals surface area contributed by atoms with Gasteiger partial charge in [0.05, 0.1) is 17.4 Å². The molecule has 0 bridgehead atoms. The van der Waals surface area contributed by atoms with Crippen LogP contribution in [0.2, 0.25) is 0 Å². The van der Waals surface area contributed by atoms with E-state index in [1.165, 1.54) is 6.42 Å². The van der Waals surface area contributed by atoms with Gasteiger partial charge in [-0.1, -0.05) is 12.1 Å². The van der Waals surface area contributed by atoms with Gasteiger partial charge in [-0.05, 0) is 87.9 Å². The van der Waals surface area contributed by atoms with Crippen molar-refractivity contribution in [1.82, 2.24) is 25.0 Å². The van der Waals surface area contributed by atoms with Crippen molar-refractivity contribution in [2.75, 3.05) is 45.1 Å².